The van der Waals surface area contributed by atoms with Crippen LogP contribution in [0.15, 0.2) is 53.4 Å². The second-order valence-corrected chi connectivity index (χ2v) is 8.19. The summed E-state index contributed by atoms with van der Waals surface area (Å²) in [4.78, 5) is 14.3. The summed E-state index contributed by atoms with van der Waals surface area (Å²) >= 11 is 5.90. The van der Waals surface area contributed by atoms with Gasteiger partial charge in [-0.15, -0.1) is 0 Å². The Hall–Kier alpha value is -2.09. The van der Waals surface area contributed by atoms with E-state index in [0.29, 0.717) is 5.69 Å². The summed E-state index contributed by atoms with van der Waals surface area (Å²) in [6, 6.07) is 13.6. The Morgan fingerprint density at radius 2 is 1.69 bits per heavy atom. The van der Waals surface area contributed by atoms with E-state index in [2.05, 4.69) is 14.9 Å². The van der Waals surface area contributed by atoms with E-state index in [1.165, 1.54) is 25.0 Å². The van der Waals surface area contributed by atoms with Crippen LogP contribution in [0.3, 0.4) is 0 Å². The molecule has 0 atom stereocenters. The first kappa shape index (κ1) is 18.7. The van der Waals surface area contributed by atoms with Crippen molar-refractivity contribution in [2.24, 2.45) is 0 Å². The number of rotatable bonds is 6. The smallest absolute Gasteiger partial charge is 0.242 e. The molecule has 2 N–H and O–H groups in total. The number of carbonyl (C=O) groups is 1. The SMILES string of the molecule is O=C(CNS(=O)(=O)c1ccccc1Cl)Nc1ccc(N2CCCC2)cc1. The first-order valence-electron chi connectivity index (χ1n) is 8.35. The van der Waals surface area contributed by atoms with E-state index in [0.717, 1.165) is 18.8 Å². The van der Waals surface area contributed by atoms with Crippen molar-refractivity contribution < 1.29 is 13.2 Å². The minimum absolute atomic E-state index is 0.0515. The second kappa shape index (κ2) is 8.07. The van der Waals surface area contributed by atoms with Crippen LogP contribution in [-0.4, -0.2) is 34.0 Å². The van der Waals surface area contributed by atoms with Gasteiger partial charge in [0.25, 0.3) is 0 Å². The van der Waals surface area contributed by atoms with Gasteiger partial charge in [0.2, 0.25) is 15.9 Å². The zero-order valence-electron chi connectivity index (χ0n) is 14.1. The van der Waals surface area contributed by atoms with Crippen molar-refractivity contribution in [3.8, 4) is 0 Å². The minimum Gasteiger partial charge on any atom is -0.372 e. The number of nitrogens with zero attached hydrogens (tertiary/aromatic N) is 1. The van der Waals surface area contributed by atoms with Gasteiger partial charge in [0.05, 0.1) is 11.6 Å². The molecule has 26 heavy (non-hydrogen) atoms. The third kappa shape index (κ3) is 4.55. The summed E-state index contributed by atoms with van der Waals surface area (Å²) in [5, 5.41) is 2.79. The van der Waals surface area contributed by atoms with Gasteiger partial charge in [-0.2, -0.15) is 0 Å². The number of hydrogen-bond acceptors (Lipinski definition) is 4. The summed E-state index contributed by atoms with van der Waals surface area (Å²) in [6.07, 6.45) is 2.40. The molecule has 1 aliphatic rings. The van der Waals surface area contributed by atoms with Crippen LogP contribution in [0.1, 0.15) is 12.8 Å². The van der Waals surface area contributed by atoms with E-state index in [1.54, 1.807) is 12.1 Å². The third-order valence-electron chi connectivity index (χ3n) is 4.17. The maximum absolute atomic E-state index is 12.2. The van der Waals surface area contributed by atoms with Crippen LogP contribution < -0.4 is 14.9 Å². The molecular formula is C18H20ClN3O3S. The van der Waals surface area contributed by atoms with Crippen molar-refractivity contribution in [3.63, 3.8) is 0 Å². The topological polar surface area (TPSA) is 78.5 Å². The van der Waals surface area contributed by atoms with E-state index in [-0.39, 0.29) is 16.5 Å². The van der Waals surface area contributed by atoms with Crippen molar-refractivity contribution in [1.82, 2.24) is 4.72 Å². The van der Waals surface area contributed by atoms with Crippen LogP contribution in [0.4, 0.5) is 11.4 Å². The molecular weight excluding hydrogens is 374 g/mol. The molecule has 0 spiro atoms. The lowest BCUT2D eigenvalue weighted by atomic mass is 10.2. The molecule has 3 rings (SSSR count). The van der Waals surface area contributed by atoms with Crippen LogP contribution in [-0.2, 0) is 14.8 Å². The van der Waals surface area contributed by atoms with Crippen LogP contribution in [0.5, 0.6) is 0 Å². The third-order valence-corrected chi connectivity index (χ3v) is 6.07. The quantitative estimate of drug-likeness (QED) is 0.791. The lowest BCUT2D eigenvalue weighted by Crippen LogP contribution is -2.33. The summed E-state index contributed by atoms with van der Waals surface area (Å²) in [5.41, 5.74) is 1.75. The van der Waals surface area contributed by atoms with Gasteiger partial charge in [-0.05, 0) is 49.2 Å². The number of sulfonamides is 1. The van der Waals surface area contributed by atoms with Crippen LogP contribution >= 0.6 is 11.6 Å². The van der Waals surface area contributed by atoms with Gasteiger partial charge >= 0.3 is 0 Å². The molecule has 138 valence electrons. The summed E-state index contributed by atoms with van der Waals surface area (Å²) in [6.45, 7) is 1.73. The lowest BCUT2D eigenvalue weighted by Gasteiger charge is -2.17. The average molecular weight is 394 g/mol. The van der Waals surface area contributed by atoms with Crippen molar-refractivity contribution in [3.05, 3.63) is 53.6 Å². The Bertz CT molecular complexity index is 879. The number of amides is 1. The monoisotopic (exact) mass is 393 g/mol. The molecule has 0 aromatic heterocycles. The van der Waals surface area contributed by atoms with Gasteiger partial charge in [-0.25, -0.2) is 13.1 Å². The first-order chi connectivity index (χ1) is 12.5. The molecule has 1 saturated heterocycles. The van der Waals surface area contributed by atoms with Crippen LogP contribution in [0.2, 0.25) is 5.02 Å². The fourth-order valence-electron chi connectivity index (χ4n) is 2.84. The normalized spacial score (nSPS) is 14.4. The Labute approximate surface area is 158 Å². The molecule has 0 saturated carbocycles. The van der Waals surface area contributed by atoms with Crippen LogP contribution in [0, 0.1) is 0 Å². The number of hydrogen-bond donors (Lipinski definition) is 2. The predicted octanol–water partition coefficient (Wildman–Crippen LogP) is 2.86. The number of benzene rings is 2. The molecule has 1 aliphatic heterocycles. The first-order valence-corrected chi connectivity index (χ1v) is 10.2. The Kier molecular flexibility index (Phi) is 5.80. The second-order valence-electron chi connectivity index (χ2n) is 6.04. The maximum Gasteiger partial charge on any atom is 0.242 e. The van der Waals surface area contributed by atoms with Gasteiger partial charge < -0.3 is 10.2 Å². The fourth-order valence-corrected chi connectivity index (χ4v) is 4.34. The van der Waals surface area contributed by atoms with Gasteiger partial charge in [0, 0.05) is 24.5 Å². The van der Waals surface area contributed by atoms with Crippen molar-refractivity contribution in [1.29, 1.82) is 0 Å². The Morgan fingerprint density at radius 3 is 2.35 bits per heavy atom. The minimum atomic E-state index is -3.85. The molecule has 2 aromatic carbocycles. The molecule has 6 nitrogen and oxygen atoms in total. The van der Waals surface area contributed by atoms with Crippen molar-refractivity contribution in [2.45, 2.75) is 17.7 Å². The van der Waals surface area contributed by atoms with Gasteiger partial charge in [-0.3, -0.25) is 4.79 Å². The average Bonchev–Trinajstić information content (AvgIpc) is 3.16. The highest BCUT2D eigenvalue weighted by Crippen LogP contribution is 2.22. The molecule has 8 heteroatoms. The summed E-state index contributed by atoms with van der Waals surface area (Å²) in [5.74, 6) is -0.449. The number of nitrogens with one attached hydrogen (secondary N) is 2. The Balaban J connectivity index is 1.56. The van der Waals surface area contributed by atoms with Gasteiger partial charge in [0.15, 0.2) is 0 Å². The van der Waals surface area contributed by atoms with Crippen molar-refractivity contribution >= 4 is 38.9 Å². The molecule has 1 heterocycles. The van der Waals surface area contributed by atoms with Crippen LogP contribution in [0.25, 0.3) is 0 Å². The number of halogens is 1. The van der Waals surface area contributed by atoms with E-state index in [4.69, 9.17) is 11.6 Å². The molecule has 0 aliphatic carbocycles. The lowest BCUT2D eigenvalue weighted by molar-refractivity contribution is -0.115. The fraction of sp³-hybridized carbons (Fsp3) is 0.278. The molecule has 0 unspecified atom stereocenters. The Morgan fingerprint density at radius 1 is 1.04 bits per heavy atom. The van der Waals surface area contributed by atoms with E-state index >= 15 is 0 Å². The highest BCUT2D eigenvalue weighted by atomic mass is 35.5. The maximum atomic E-state index is 12.2. The summed E-state index contributed by atoms with van der Waals surface area (Å²) < 4.78 is 26.7. The van der Waals surface area contributed by atoms with E-state index < -0.39 is 15.9 Å². The largest absolute Gasteiger partial charge is 0.372 e. The zero-order chi connectivity index (χ0) is 18.6. The summed E-state index contributed by atoms with van der Waals surface area (Å²) in [7, 11) is -3.85. The molecule has 1 fully saturated rings. The highest BCUT2D eigenvalue weighted by molar-refractivity contribution is 7.89. The van der Waals surface area contributed by atoms with E-state index in [1.807, 2.05) is 24.3 Å². The zero-order valence-corrected chi connectivity index (χ0v) is 15.7. The molecule has 1 amide bonds. The van der Waals surface area contributed by atoms with Crippen molar-refractivity contribution in [2.75, 3.05) is 29.9 Å². The van der Waals surface area contributed by atoms with E-state index in [9.17, 15) is 13.2 Å². The number of carbonyl (C=O) groups excluding carboxylic acids is 1. The van der Waals surface area contributed by atoms with Gasteiger partial charge in [0.1, 0.15) is 4.90 Å². The molecule has 0 radical (unpaired) electrons. The molecule has 2 aromatic rings. The highest BCUT2D eigenvalue weighted by Gasteiger charge is 2.18. The molecule has 0 bridgehead atoms. The van der Waals surface area contributed by atoms with Gasteiger partial charge in [-0.1, -0.05) is 23.7 Å². The number of anilines is 2. The standard InChI is InChI=1S/C18H20ClN3O3S/c19-16-5-1-2-6-17(16)26(24,25)20-13-18(23)21-14-7-9-15(10-8-14)22-11-3-4-12-22/h1-2,5-10,20H,3-4,11-13H2,(H,21,23). The predicted molar refractivity (Wildman–Crippen MR) is 103 cm³/mol.